The van der Waals surface area contributed by atoms with E-state index in [4.69, 9.17) is 14.2 Å². The molecular weight excluding hydrogens is 386 g/mol. The molecule has 0 bridgehead atoms. The zero-order valence-electron chi connectivity index (χ0n) is 16.6. The van der Waals surface area contributed by atoms with Gasteiger partial charge >= 0.3 is 0 Å². The first-order valence-corrected chi connectivity index (χ1v) is 9.06. The van der Waals surface area contributed by atoms with Crippen molar-refractivity contribution in [2.45, 2.75) is 6.61 Å². The van der Waals surface area contributed by atoms with E-state index in [2.05, 4.69) is 10.5 Å². The molecule has 0 spiro atoms. The molecule has 3 aromatic rings. The van der Waals surface area contributed by atoms with Gasteiger partial charge in [0.1, 0.15) is 12.4 Å². The van der Waals surface area contributed by atoms with Crippen LogP contribution in [0.3, 0.4) is 0 Å². The molecule has 0 heterocycles. The molecule has 0 fully saturated rings. The molecule has 3 aromatic carbocycles. The van der Waals surface area contributed by atoms with Crippen LogP contribution in [-0.4, -0.2) is 25.4 Å². The number of anilines is 1. The van der Waals surface area contributed by atoms with Crippen LogP contribution in [-0.2, 0) is 6.61 Å². The average molecular weight is 407 g/mol. The lowest BCUT2D eigenvalue weighted by Gasteiger charge is -2.11. The highest BCUT2D eigenvalue weighted by Gasteiger charge is 2.06. The van der Waals surface area contributed by atoms with Crippen LogP contribution in [0.1, 0.15) is 11.1 Å². The van der Waals surface area contributed by atoms with Crippen molar-refractivity contribution < 1.29 is 19.1 Å². The quantitative estimate of drug-likeness (QED) is 0.315. The van der Waals surface area contributed by atoms with E-state index in [0.717, 1.165) is 16.9 Å². The van der Waals surface area contributed by atoms with Crippen LogP contribution in [0.2, 0.25) is 0 Å². The number of nitro benzene ring substituents is 1. The normalized spacial score (nSPS) is 10.6. The van der Waals surface area contributed by atoms with Crippen LogP contribution in [0.5, 0.6) is 17.2 Å². The second-order valence-corrected chi connectivity index (χ2v) is 6.22. The molecule has 0 radical (unpaired) electrons. The number of nitrogens with zero attached hydrogens (tertiary/aromatic N) is 2. The number of non-ortho nitro benzene ring substituents is 1. The smallest absolute Gasteiger partial charge is 0.269 e. The molecular formula is C22H21N3O5. The van der Waals surface area contributed by atoms with Gasteiger partial charge in [-0.05, 0) is 53.6 Å². The first kappa shape index (κ1) is 20.7. The largest absolute Gasteiger partial charge is 0.497 e. The van der Waals surface area contributed by atoms with Gasteiger partial charge in [-0.25, -0.2) is 0 Å². The number of hydrogen-bond donors (Lipinski definition) is 1. The molecule has 0 unspecified atom stereocenters. The minimum absolute atomic E-state index is 0.0273. The van der Waals surface area contributed by atoms with Crippen LogP contribution < -0.4 is 19.6 Å². The number of nitro groups is 1. The van der Waals surface area contributed by atoms with Crippen molar-refractivity contribution in [3.8, 4) is 17.2 Å². The van der Waals surface area contributed by atoms with E-state index in [1.54, 1.807) is 32.6 Å². The summed E-state index contributed by atoms with van der Waals surface area (Å²) in [6, 6.07) is 19.1. The highest BCUT2D eigenvalue weighted by Crippen LogP contribution is 2.28. The first-order chi connectivity index (χ1) is 14.6. The zero-order valence-corrected chi connectivity index (χ0v) is 16.6. The minimum Gasteiger partial charge on any atom is -0.497 e. The molecule has 3 rings (SSSR count). The summed E-state index contributed by atoms with van der Waals surface area (Å²) >= 11 is 0. The van der Waals surface area contributed by atoms with Gasteiger partial charge in [-0.2, -0.15) is 5.10 Å². The molecule has 154 valence electrons. The summed E-state index contributed by atoms with van der Waals surface area (Å²) in [6.45, 7) is 0.398. The molecule has 0 aliphatic heterocycles. The lowest BCUT2D eigenvalue weighted by atomic mass is 10.2. The van der Waals surface area contributed by atoms with Crippen molar-refractivity contribution in [2.24, 2.45) is 5.10 Å². The number of benzene rings is 3. The van der Waals surface area contributed by atoms with Crippen molar-refractivity contribution in [2.75, 3.05) is 19.6 Å². The Kier molecular flexibility index (Phi) is 6.83. The van der Waals surface area contributed by atoms with Crippen molar-refractivity contribution in [1.82, 2.24) is 0 Å². The van der Waals surface area contributed by atoms with E-state index < -0.39 is 4.92 Å². The third-order valence-electron chi connectivity index (χ3n) is 4.23. The molecule has 8 nitrogen and oxygen atoms in total. The fourth-order valence-electron chi connectivity index (χ4n) is 2.61. The Morgan fingerprint density at radius 1 is 0.967 bits per heavy atom. The Bertz CT molecular complexity index is 1020. The fourth-order valence-corrected chi connectivity index (χ4v) is 2.61. The molecule has 0 aliphatic carbocycles. The number of rotatable bonds is 9. The standard InChI is InChI=1S/C22H21N3O5/c1-28-20-10-3-16(4-11-20)15-30-21-12-5-17(13-22(21)29-2)14-23-24-18-6-8-19(9-7-18)25(26)27/h3-14,24H,15H2,1-2H3. The van der Waals surface area contributed by atoms with E-state index in [1.165, 1.54) is 12.1 Å². The van der Waals surface area contributed by atoms with Gasteiger partial charge in [0.25, 0.3) is 5.69 Å². The molecule has 0 aromatic heterocycles. The number of hydrazone groups is 1. The Hall–Kier alpha value is -4.07. The summed E-state index contributed by atoms with van der Waals surface area (Å²) in [4.78, 5) is 10.2. The van der Waals surface area contributed by atoms with Crippen molar-refractivity contribution in [3.63, 3.8) is 0 Å². The van der Waals surface area contributed by atoms with Crippen molar-refractivity contribution in [1.29, 1.82) is 0 Å². The summed E-state index contributed by atoms with van der Waals surface area (Å²) in [5.41, 5.74) is 5.31. The first-order valence-electron chi connectivity index (χ1n) is 9.06. The van der Waals surface area contributed by atoms with Gasteiger partial charge in [-0.15, -0.1) is 0 Å². The Morgan fingerprint density at radius 3 is 2.33 bits per heavy atom. The van der Waals surface area contributed by atoms with Gasteiger partial charge in [0.05, 0.1) is 31.0 Å². The van der Waals surface area contributed by atoms with E-state index in [-0.39, 0.29) is 5.69 Å². The number of methoxy groups -OCH3 is 2. The number of hydrogen-bond acceptors (Lipinski definition) is 7. The van der Waals surface area contributed by atoms with E-state index in [9.17, 15) is 10.1 Å². The SMILES string of the molecule is COc1ccc(COc2ccc(C=NNc3ccc([N+](=O)[O-])cc3)cc2OC)cc1. The highest BCUT2D eigenvalue weighted by atomic mass is 16.6. The predicted octanol–water partition coefficient (Wildman–Crippen LogP) is 4.64. The summed E-state index contributed by atoms with van der Waals surface area (Å²) in [5, 5.41) is 14.8. The molecule has 30 heavy (non-hydrogen) atoms. The average Bonchev–Trinajstić information content (AvgIpc) is 2.78. The monoisotopic (exact) mass is 407 g/mol. The van der Waals surface area contributed by atoms with E-state index in [1.807, 2.05) is 42.5 Å². The maximum Gasteiger partial charge on any atom is 0.269 e. The maximum atomic E-state index is 10.7. The topological polar surface area (TPSA) is 95.2 Å². The number of ether oxygens (including phenoxy) is 3. The molecule has 0 amide bonds. The molecule has 8 heteroatoms. The van der Waals surface area contributed by atoms with Gasteiger partial charge in [0.15, 0.2) is 11.5 Å². The fraction of sp³-hybridized carbons (Fsp3) is 0.136. The summed E-state index contributed by atoms with van der Waals surface area (Å²) < 4.78 is 16.4. The third-order valence-corrected chi connectivity index (χ3v) is 4.23. The predicted molar refractivity (Wildman–Crippen MR) is 115 cm³/mol. The van der Waals surface area contributed by atoms with Crippen LogP contribution in [0.15, 0.2) is 71.8 Å². The van der Waals surface area contributed by atoms with Gasteiger partial charge in [0, 0.05) is 12.1 Å². The Morgan fingerprint density at radius 2 is 1.70 bits per heavy atom. The van der Waals surface area contributed by atoms with Crippen LogP contribution in [0.4, 0.5) is 11.4 Å². The Labute approximate surface area is 173 Å². The van der Waals surface area contributed by atoms with Gasteiger partial charge < -0.3 is 14.2 Å². The molecule has 0 atom stereocenters. The second-order valence-electron chi connectivity index (χ2n) is 6.22. The van der Waals surface area contributed by atoms with Crippen LogP contribution in [0, 0.1) is 10.1 Å². The molecule has 1 N–H and O–H groups in total. The van der Waals surface area contributed by atoms with Gasteiger partial charge in [-0.1, -0.05) is 12.1 Å². The van der Waals surface area contributed by atoms with E-state index >= 15 is 0 Å². The lowest BCUT2D eigenvalue weighted by Crippen LogP contribution is -1.99. The van der Waals surface area contributed by atoms with Gasteiger partial charge in [0.2, 0.25) is 0 Å². The van der Waals surface area contributed by atoms with Crippen LogP contribution in [0.25, 0.3) is 0 Å². The lowest BCUT2D eigenvalue weighted by molar-refractivity contribution is -0.384. The third kappa shape index (κ3) is 5.48. The maximum absolute atomic E-state index is 10.7. The van der Waals surface area contributed by atoms with E-state index in [0.29, 0.717) is 23.8 Å². The molecule has 0 saturated heterocycles. The zero-order chi connectivity index (χ0) is 21.3. The second kappa shape index (κ2) is 9.92. The minimum atomic E-state index is -0.447. The number of nitrogens with one attached hydrogen (secondary N) is 1. The van der Waals surface area contributed by atoms with Gasteiger partial charge in [-0.3, -0.25) is 15.5 Å². The summed E-state index contributed by atoms with van der Waals surface area (Å²) in [5.74, 6) is 2.00. The highest BCUT2D eigenvalue weighted by molar-refractivity contribution is 5.81. The summed E-state index contributed by atoms with van der Waals surface area (Å²) in [7, 11) is 3.20. The van der Waals surface area contributed by atoms with Crippen molar-refractivity contribution >= 4 is 17.6 Å². The van der Waals surface area contributed by atoms with Crippen LogP contribution >= 0.6 is 0 Å². The molecule has 0 saturated carbocycles. The molecule has 0 aliphatic rings. The summed E-state index contributed by atoms with van der Waals surface area (Å²) in [6.07, 6.45) is 1.62. The van der Waals surface area contributed by atoms with Crippen molar-refractivity contribution in [3.05, 3.63) is 88.0 Å². The Balaban J connectivity index is 1.61.